The average molecular weight is 202 g/mol. The molecule has 0 aliphatic carbocycles. The quantitative estimate of drug-likeness (QED) is 0.742. The van der Waals surface area contributed by atoms with E-state index in [0.29, 0.717) is 9.79 Å². The summed E-state index contributed by atoms with van der Waals surface area (Å²) in [6.07, 6.45) is 0. The van der Waals surface area contributed by atoms with E-state index < -0.39 is 9.84 Å². The van der Waals surface area contributed by atoms with Gasteiger partial charge in [0, 0.05) is 4.90 Å². The number of sulfone groups is 1. The van der Waals surface area contributed by atoms with Crippen LogP contribution in [0.15, 0.2) is 34.1 Å². The predicted molar refractivity (Wildman–Crippen MR) is 51.4 cm³/mol. The number of thiol groups is 1. The lowest BCUT2D eigenvalue weighted by Crippen LogP contribution is -2.04. The second-order valence-corrected chi connectivity index (χ2v) is 5.10. The van der Waals surface area contributed by atoms with Crippen LogP contribution < -0.4 is 0 Å². The molecule has 0 aliphatic heterocycles. The summed E-state index contributed by atoms with van der Waals surface area (Å²) in [7, 11) is -3.11. The Bertz CT molecular complexity index is 368. The Hall–Kier alpha value is -0.480. The molecule has 0 amide bonds. The summed E-state index contributed by atoms with van der Waals surface area (Å²) in [5, 5.41) is 0. The topological polar surface area (TPSA) is 34.1 Å². The van der Waals surface area contributed by atoms with Crippen molar-refractivity contribution in [1.29, 1.82) is 0 Å². The van der Waals surface area contributed by atoms with E-state index in [0.717, 1.165) is 0 Å². The van der Waals surface area contributed by atoms with Crippen LogP contribution in [0.25, 0.3) is 0 Å². The fraction of sp³-hybridized carbons (Fsp3) is 0.250. The minimum atomic E-state index is -3.11. The number of rotatable bonds is 2. The van der Waals surface area contributed by atoms with Crippen LogP contribution in [0, 0.1) is 0 Å². The smallest absolute Gasteiger partial charge is 0.179 e. The van der Waals surface area contributed by atoms with E-state index in [9.17, 15) is 8.42 Å². The van der Waals surface area contributed by atoms with E-state index in [1.54, 1.807) is 31.2 Å². The van der Waals surface area contributed by atoms with E-state index in [2.05, 4.69) is 12.6 Å². The van der Waals surface area contributed by atoms with Gasteiger partial charge < -0.3 is 0 Å². The molecular weight excluding hydrogens is 192 g/mol. The van der Waals surface area contributed by atoms with Crippen LogP contribution in [-0.4, -0.2) is 14.2 Å². The van der Waals surface area contributed by atoms with Gasteiger partial charge in [0.2, 0.25) is 0 Å². The van der Waals surface area contributed by atoms with Gasteiger partial charge in [0.1, 0.15) is 0 Å². The van der Waals surface area contributed by atoms with E-state index in [-0.39, 0.29) is 5.75 Å². The highest BCUT2D eigenvalue weighted by Crippen LogP contribution is 2.19. The molecule has 0 aromatic heterocycles. The molecular formula is C8H10O2S2. The molecule has 0 aliphatic rings. The fourth-order valence-electron chi connectivity index (χ4n) is 0.876. The highest BCUT2D eigenvalue weighted by atomic mass is 32.2. The first kappa shape index (κ1) is 9.61. The van der Waals surface area contributed by atoms with Crippen LogP contribution in [0.1, 0.15) is 6.92 Å². The van der Waals surface area contributed by atoms with E-state index in [4.69, 9.17) is 0 Å². The predicted octanol–water partition coefficient (Wildman–Crippen LogP) is 1.77. The van der Waals surface area contributed by atoms with Crippen molar-refractivity contribution >= 4 is 22.5 Å². The second-order valence-electron chi connectivity index (χ2n) is 2.37. The molecule has 2 nitrogen and oxygen atoms in total. The molecule has 0 heterocycles. The number of hydrogen-bond acceptors (Lipinski definition) is 3. The maximum absolute atomic E-state index is 11.4. The lowest BCUT2D eigenvalue weighted by atomic mass is 10.4. The van der Waals surface area contributed by atoms with Gasteiger partial charge in [-0.05, 0) is 12.1 Å². The Morgan fingerprint density at radius 2 is 1.92 bits per heavy atom. The molecule has 0 bridgehead atoms. The van der Waals surface area contributed by atoms with Crippen molar-refractivity contribution in [1.82, 2.24) is 0 Å². The minimum absolute atomic E-state index is 0.116. The van der Waals surface area contributed by atoms with Crippen molar-refractivity contribution in [2.24, 2.45) is 0 Å². The summed E-state index contributed by atoms with van der Waals surface area (Å²) in [6.45, 7) is 1.62. The lowest BCUT2D eigenvalue weighted by molar-refractivity contribution is 0.595. The normalized spacial score (nSPS) is 11.5. The molecule has 1 rings (SSSR count). The van der Waals surface area contributed by atoms with Crippen molar-refractivity contribution < 1.29 is 8.42 Å². The molecule has 0 unspecified atom stereocenters. The van der Waals surface area contributed by atoms with Gasteiger partial charge in [-0.25, -0.2) is 8.42 Å². The van der Waals surface area contributed by atoms with Crippen LogP contribution in [0.5, 0.6) is 0 Å². The zero-order chi connectivity index (χ0) is 9.19. The molecule has 0 radical (unpaired) electrons. The van der Waals surface area contributed by atoms with E-state index >= 15 is 0 Å². The maximum atomic E-state index is 11.4. The maximum Gasteiger partial charge on any atom is 0.179 e. The third kappa shape index (κ3) is 1.81. The number of benzene rings is 1. The standard InChI is InChI=1S/C8H10O2S2/c1-2-12(9,10)8-6-4-3-5-7(8)11/h3-6,11H,2H2,1H3. The first-order chi connectivity index (χ1) is 5.58. The molecule has 0 spiro atoms. The zero-order valence-electron chi connectivity index (χ0n) is 6.69. The molecule has 0 saturated heterocycles. The summed E-state index contributed by atoms with van der Waals surface area (Å²) >= 11 is 4.07. The van der Waals surface area contributed by atoms with E-state index in [1.165, 1.54) is 0 Å². The Labute approximate surface area is 77.9 Å². The minimum Gasteiger partial charge on any atom is -0.224 e. The first-order valence-electron chi connectivity index (χ1n) is 3.58. The van der Waals surface area contributed by atoms with Gasteiger partial charge in [-0.3, -0.25) is 0 Å². The van der Waals surface area contributed by atoms with Crippen molar-refractivity contribution in [3.8, 4) is 0 Å². The van der Waals surface area contributed by atoms with Crippen LogP contribution in [0.2, 0.25) is 0 Å². The van der Waals surface area contributed by atoms with Crippen LogP contribution in [-0.2, 0) is 9.84 Å². The fourth-order valence-corrected chi connectivity index (χ4v) is 2.44. The molecule has 0 atom stereocenters. The monoisotopic (exact) mass is 202 g/mol. The summed E-state index contributed by atoms with van der Waals surface area (Å²) in [6, 6.07) is 6.70. The van der Waals surface area contributed by atoms with Crippen molar-refractivity contribution in [2.75, 3.05) is 5.75 Å². The third-order valence-electron chi connectivity index (χ3n) is 1.58. The zero-order valence-corrected chi connectivity index (χ0v) is 8.40. The molecule has 4 heteroatoms. The summed E-state index contributed by atoms with van der Waals surface area (Å²) in [5.74, 6) is 0.116. The van der Waals surface area contributed by atoms with Gasteiger partial charge in [0.05, 0.1) is 10.6 Å². The molecule has 0 fully saturated rings. The van der Waals surface area contributed by atoms with Crippen LogP contribution >= 0.6 is 12.6 Å². The molecule has 1 aromatic carbocycles. The highest BCUT2D eigenvalue weighted by molar-refractivity contribution is 7.92. The highest BCUT2D eigenvalue weighted by Gasteiger charge is 2.13. The van der Waals surface area contributed by atoms with Crippen LogP contribution in [0.3, 0.4) is 0 Å². The molecule has 66 valence electrons. The summed E-state index contributed by atoms with van der Waals surface area (Å²) in [5.41, 5.74) is 0. The molecule has 1 aromatic rings. The van der Waals surface area contributed by atoms with Gasteiger partial charge in [-0.1, -0.05) is 19.1 Å². The Kier molecular flexibility index (Phi) is 2.80. The van der Waals surface area contributed by atoms with E-state index in [1.807, 2.05) is 0 Å². The van der Waals surface area contributed by atoms with Gasteiger partial charge in [-0.2, -0.15) is 0 Å². The molecule has 0 saturated carbocycles. The molecule has 0 N–H and O–H groups in total. The second kappa shape index (κ2) is 3.49. The third-order valence-corrected chi connectivity index (χ3v) is 3.91. The Morgan fingerprint density at radius 3 is 2.42 bits per heavy atom. The SMILES string of the molecule is CCS(=O)(=O)c1ccccc1S. The lowest BCUT2D eigenvalue weighted by Gasteiger charge is -2.02. The summed E-state index contributed by atoms with van der Waals surface area (Å²) in [4.78, 5) is 0.829. The van der Waals surface area contributed by atoms with Crippen LogP contribution in [0.4, 0.5) is 0 Å². The van der Waals surface area contributed by atoms with Crippen molar-refractivity contribution in [2.45, 2.75) is 16.7 Å². The first-order valence-corrected chi connectivity index (χ1v) is 5.68. The largest absolute Gasteiger partial charge is 0.224 e. The Morgan fingerprint density at radius 1 is 1.33 bits per heavy atom. The number of hydrogen-bond donors (Lipinski definition) is 1. The van der Waals surface area contributed by atoms with Gasteiger partial charge in [0.25, 0.3) is 0 Å². The van der Waals surface area contributed by atoms with Gasteiger partial charge in [-0.15, -0.1) is 12.6 Å². The van der Waals surface area contributed by atoms with Gasteiger partial charge in [0.15, 0.2) is 9.84 Å². The van der Waals surface area contributed by atoms with Crippen molar-refractivity contribution in [3.05, 3.63) is 24.3 Å². The molecule has 12 heavy (non-hydrogen) atoms. The average Bonchev–Trinajstić information content (AvgIpc) is 2.05. The Balaban J connectivity index is 3.30. The summed E-state index contributed by atoms with van der Waals surface area (Å²) < 4.78 is 22.7. The van der Waals surface area contributed by atoms with Crippen molar-refractivity contribution in [3.63, 3.8) is 0 Å². The van der Waals surface area contributed by atoms with Gasteiger partial charge >= 0.3 is 0 Å².